The highest BCUT2D eigenvalue weighted by molar-refractivity contribution is 5.84. The number of phenols is 1. The zero-order valence-corrected chi connectivity index (χ0v) is 12.1. The molecule has 0 fully saturated rings. The quantitative estimate of drug-likeness (QED) is 0.752. The van der Waals surface area contributed by atoms with Gasteiger partial charge in [-0.2, -0.15) is 0 Å². The summed E-state index contributed by atoms with van der Waals surface area (Å²) in [5.41, 5.74) is 0.778. The van der Waals surface area contributed by atoms with Gasteiger partial charge in [0.05, 0.1) is 19.8 Å². The third-order valence-electron chi connectivity index (χ3n) is 3.42. The van der Waals surface area contributed by atoms with Gasteiger partial charge in [0.25, 0.3) is 0 Å². The molecule has 2 aromatic carbocycles. The molecular formula is C17H14O5. The summed E-state index contributed by atoms with van der Waals surface area (Å²) < 4.78 is 15.8. The lowest BCUT2D eigenvalue weighted by molar-refractivity contribution is 0.404. The molecule has 1 heterocycles. The SMILES string of the molecule is COc1ccc(OC)c(-c2cc3ccc(O)cc3oc2=O)c1. The van der Waals surface area contributed by atoms with Crippen molar-refractivity contribution >= 4 is 11.0 Å². The van der Waals surface area contributed by atoms with Crippen LogP contribution in [0.25, 0.3) is 22.1 Å². The smallest absolute Gasteiger partial charge is 0.344 e. The van der Waals surface area contributed by atoms with Gasteiger partial charge < -0.3 is 19.0 Å². The topological polar surface area (TPSA) is 68.9 Å². The van der Waals surface area contributed by atoms with Crippen LogP contribution in [0.3, 0.4) is 0 Å². The van der Waals surface area contributed by atoms with Crippen molar-refractivity contribution in [2.24, 2.45) is 0 Å². The van der Waals surface area contributed by atoms with Crippen molar-refractivity contribution in [2.45, 2.75) is 0 Å². The minimum absolute atomic E-state index is 0.0439. The standard InChI is InChI=1S/C17H14O5/c1-20-12-5-6-15(21-2)13(9-12)14-7-10-3-4-11(18)8-16(10)22-17(14)19/h3-9,18H,1-2H3. The first-order valence-corrected chi connectivity index (χ1v) is 6.61. The first kappa shape index (κ1) is 14.0. The number of ether oxygens (including phenoxy) is 2. The summed E-state index contributed by atoms with van der Waals surface area (Å²) >= 11 is 0. The molecule has 0 saturated heterocycles. The number of hydrogen-bond acceptors (Lipinski definition) is 5. The number of aromatic hydroxyl groups is 1. The Kier molecular flexibility index (Phi) is 3.47. The van der Waals surface area contributed by atoms with Crippen LogP contribution in [0.5, 0.6) is 17.2 Å². The fourth-order valence-electron chi connectivity index (χ4n) is 2.31. The normalized spacial score (nSPS) is 10.6. The van der Waals surface area contributed by atoms with Crippen LogP contribution in [-0.2, 0) is 0 Å². The van der Waals surface area contributed by atoms with E-state index in [0.717, 1.165) is 0 Å². The summed E-state index contributed by atoms with van der Waals surface area (Å²) in [7, 11) is 3.09. The van der Waals surface area contributed by atoms with Crippen molar-refractivity contribution in [2.75, 3.05) is 14.2 Å². The highest BCUT2D eigenvalue weighted by Gasteiger charge is 2.14. The lowest BCUT2D eigenvalue weighted by Gasteiger charge is -2.10. The van der Waals surface area contributed by atoms with Crippen LogP contribution < -0.4 is 15.1 Å². The Labute approximate surface area is 126 Å². The maximum absolute atomic E-state index is 12.3. The third-order valence-corrected chi connectivity index (χ3v) is 3.42. The van der Waals surface area contributed by atoms with E-state index in [9.17, 15) is 9.90 Å². The number of fused-ring (bicyclic) bond motifs is 1. The van der Waals surface area contributed by atoms with Crippen LogP contribution in [-0.4, -0.2) is 19.3 Å². The average molecular weight is 298 g/mol. The van der Waals surface area contributed by atoms with E-state index in [1.54, 1.807) is 37.4 Å². The van der Waals surface area contributed by atoms with Crippen LogP contribution in [0.15, 0.2) is 51.7 Å². The second-order valence-electron chi connectivity index (χ2n) is 4.74. The number of rotatable bonds is 3. The molecule has 0 amide bonds. The van der Waals surface area contributed by atoms with Crippen molar-refractivity contribution < 1.29 is 19.0 Å². The monoisotopic (exact) mass is 298 g/mol. The predicted molar refractivity (Wildman–Crippen MR) is 82.7 cm³/mol. The zero-order valence-electron chi connectivity index (χ0n) is 12.1. The molecule has 0 aliphatic rings. The van der Waals surface area contributed by atoms with E-state index >= 15 is 0 Å². The lowest BCUT2D eigenvalue weighted by atomic mass is 10.0. The molecule has 3 aromatic rings. The average Bonchev–Trinajstić information content (AvgIpc) is 2.53. The van der Waals surface area contributed by atoms with Crippen LogP contribution in [0.1, 0.15) is 0 Å². The Morgan fingerprint density at radius 2 is 1.77 bits per heavy atom. The van der Waals surface area contributed by atoms with Crippen LogP contribution in [0.2, 0.25) is 0 Å². The van der Waals surface area contributed by atoms with Crippen LogP contribution >= 0.6 is 0 Å². The largest absolute Gasteiger partial charge is 0.508 e. The van der Waals surface area contributed by atoms with Crippen LogP contribution in [0, 0.1) is 0 Å². The Bertz CT molecular complexity index is 895. The predicted octanol–water partition coefficient (Wildman–Crippen LogP) is 3.18. The van der Waals surface area contributed by atoms with E-state index in [4.69, 9.17) is 13.9 Å². The summed E-state index contributed by atoms with van der Waals surface area (Å²) in [6, 6.07) is 11.5. The molecule has 0 aliphatic carbocycles. The molecule has 5 heteroatoms. The summed E-state index contributed by atoms with van der Waals surface area (Å²) in [6.07, 6.45) is 0. The Morgan fingerprint density at radius 1 is 0.955 bits per heavy atom. The van der Waals surface area contributed by atoms with Gasteiger partial charge in [-0.25, -0.2) is 4.79 Å². The fraction of sp³-hybridized carbons (Fsp3) is 0.118. The van der Waals surface area contributed by atoms with Gasteiger partial charge in [0.1, 0.15) is 22.8 Å². The number of methoxy groups -OCH3 is 2. The maximum atomic E-state index is 12.3. The molecule has 3 rings (SSSR count). The number of hydrogen-bond donors (Lipinski definition) is 1. The van der Waals surface area contributed by atoms with E-state index in [1.165, 1.54) is 19.2 Å². The van der Waals surface area contributed by atoms with Gasteiger partial charge in [-0.1, -0.05) is 0 Å². The van der Waals surface area contributed by atoms with Gasteiger partial charge in [0, 0.05) is 17.0 Å². The molecular weight excluding hydrogens is 284 g/mol. The van der Waals surface area contributed by atoms with Gasteiger partial charge in [-0.05, 0) is 36.4 Å². The first-order chi connectivity index (χ1) is 10.6. The zero-order chi connectivity index (χ0) is 15.7. The highest BCUT2D eigenvalue weighted by atomic mass is 16.5. The molecule has 0 spiro atoms. The summed E-state index contributed by atoms with van der Waals surface area (Å²) in [5, 5.41) is 10.2. The molecule has 112 valence electrons. The highest BCUT2D eigenvalue weighted by Crippen LogP contribution is 2.33. The summed E-state index contributed by atoms with van der Waals surface area (Å²) in [6.45, 7) is 0. The Morgan fingerprint density at radius 3 is 2.50 bits per heavy atom. The minimum atomic E-state index is -0.510. The van der Waals surface area contributed by atoms with Crippen molar-refractivity contribution in [1.82, 2.24) is 0 Å². The Hall–Kier alpha value is -2.95. The maximum Gasteiger partial charge on any atom is 0.344 e. The molecule has 0 aliphatic heterocycles. The molecule has 5 nitrogen and oxygen atoms in total. The molecule has 0 saturated carbocycles. The minimum Gasteiger partial charge on any atom is -0.508 e. The van der Waals surface area contributed by atoms with Crippen molar-refractivity contribution in [3.05, 3.63) is 52.9 Å². The van der Waals surface area contributed by atoms with E-state index in [1.807, 2.05) is 0 Å². The van der Waals surface area contributed by atoms with Crippen molar-refractivity contribution in [3.8, 4) is 28.4 Å². The summed E-state index contributed by atoms with van der Waals surface area (Å²) in [4.78, 5) is 12.3. The van der Waals surface area contributed by atoms with Crippen molar-refractivity contribution in [1.29, 1.82) is 0 Å². The third kappa shape index (κ3) is 2.37. The number of benzene rings is 2. The van der Waals surface area contributed by atoms with Gasteiger partial charge in [0.2, 0.25) is 0 Å². The van der Waals surface area contributed by atoms with Crippen molar-refractivity contribution in [3.63, 3.8) is 0 Å². The fourth-order valence-corrected chi connectivity index (χ4v) is 2.31. The van der Waals surface area contributed by atoms with E-state index in [0.29, 0.717) is 33.6 Å². The second kappa shape index (κ2) is 5.44. The Balaban J connectivity index is 2.28. The molecule has 0 radical (unpaired) electrons. The molecule has 0 unspecified atom stereocenters. The van der Waals surface area contributed by atoms with Gasteiger partial charge >= 0.3 is 5.63 Å². The first-order valence-electron chi connectivity index (χ1n) is 6.61. The molecule has 0 atom stereocenters. The molecule has 0 bridgehead atoms. The van der Waals surface area contributed by atoms with Gasteiger partial charge in [-0.15, -0.1) is 0 Å². The number of phenolic OH excluding ortho intramolecular Hbond substituents is 1. The molecule has 22 heavy (non-hydrogen) atoms. The molecule has 1 N–H and O–H groups in total. The van der Waals surface area contributed by atoms with E-state index in [-0.39, 0.29) is 5.75 Å². The summed E-state index contributed by atoms with van der Waals surface area (Å²) in [5.74, 6) is 1.20. The molecule has 1 aromatic heterocycles. The lowest BCUT2D eigenvalue weighted by Crippen LogP contribution is -2.04. The van der Waals surface area contributed by atoms with Gasteiger partial charge in [0.15, 0.2) is 0 Å². The van der Waals surface area contributed by atoms with Crippen LogP contribution in [0.4, 0.5) is 0 Å². The van der Waals surface area contributed by atoms with E-state index < -0.39 is 5.63 Å². The van der Waals surface area contributed by atoms with Gasteiger partial charge in [-0.3, -0.25) is 0 Å². The van der Waals surface area contributed by atoms with E-state index in [2.05, 4.69) is 0 Å². The second-order valence-corrected chi connectivity index (χ2v) is 4.74.